The number of sulfone groups is 1. The monoisotopic (exact) mass is 260 g/mol. The van der Waals surface area contributed by atoms with Crippen molar-refractivity contribution in [2.75, 3.05) is 6.26 Å². The van der Waals surface area contributed by atoms with E-state index in [0.717, 1.165) is 18.4 Å². The van der Waals surface area contributed by atoms with E-state index in [9.17, 15) is 28.6 Å². The van der Waals surface area contributed by atoms with E-state index in [1.807, 2.05) is 0 Å². The number of benzene rings is 1. The Bertz CT molecular complexity index is 580. The lowest BCUT2D eigenvalue weighted by atomic mass is 10.2. The van der Waals surface area contributed by atoms with Crippen LogP contribution in [-0.2, 0) is 16.4 Å². The number of nitro groups is 2. The van der Waals surface area contributed by atoms with Crippen LogP contribution in [0.4, 0.5) is 5.69 Å². The molecule has 92 valence electrons. The topological polar surface area (TPSA) is 120 Å². The molecule has 0 saturated heterocycles. The molecular weight excluding hydrogens is 252 g/mol. The van der Waals surface area contributed by atoms with E-state index in [2.05, 4.69) is 0 Å². The molecule has 0 fully saturated rings. The van der Waals surface area contributed by atoms with Crippen LogP contribution in [-0.4, -0.2) is 24.5 Å². The summed E-state index contributed by atoms with van der Waals surface area (Å²) >= 11 is 0. The molecule has 0 unspecified atom stereocenters. The van der Waals surface area contributed by atoms with Gasteiger partial charge in [-0.15, -0.1) is 0 Å². The Morgan fingerprint density at radius 1 is 1.24 bits per heavy atom. The maximum absolute atomic E-state index is 11.3. The normalized spacial score (nSPS) is 11.1. The molecule has 0 heterocycles. The molecule has 0 spiro atoms. The van der Waals surface area contributed by atoms with E-state index in [4.69, 9.17) is 0 Å². The van der Waals surface area contributed by atoms with Crippen LogP contribution >= 0.6 is 0 Å². The molecule has 0 radical (unpaired) electrons. The van der Waals surface area contributed by atoms with Gasteiger partial charge in [0.25, 0.3) is 5.69 Å². The van der Waals surface area contributed by atoms with E-state index in [1.54, 1.807) is 0 Å². The number of hydrogen-bond donors (Lipinski definition) is 0. The van der Waals surface area contributed by atoms with Crippen LogP contribution in [0.15, 0.2) is 23.1 Å². The second kappa shape index (κ2) is 4.45. The van der Waals surface area contributed by atoms with Gasteiger partial charge in [-0.1, -0.05) is 6.07 Å². The van der Waals surface area contributed by atoms with Crippen LogP contribution in [0, 0.1) is 20.2 Å². The second-order valence-electron chi connectivity index (χ2n) is 3.28. The molecular formula is C8H8N2O6S. The minimum atomic E-state index is -3.80. The lowest BCUT2D eigenvalue weighted by molar-refractivity contribution is -0.498. The summed E-state index contributed by atoms with van der Waals surface area (Å²) in [5.74, 6) is 0. The summed E-state index contributed by atoms with van der Waals surface area (Å²) in [5.41, 5.74) is -0.963. The molecule has 17 heavy (non-hydrogen) atoms. The van der Waals surface area contributed by atoms with Crippen molar-refractivity contribution in [3.8, 4) is 0 Å². The Hall–Kier alpha value is -2.03. The Labute approximate surface area is 96.1 Å². The van der Waals surface area contributed by atoms with Crippen molar-refractivity contribution in [3.63, 3.8) is 0 Å². The summed E-state index contributed by atoms with van der Waals surface area (Å²) in [6, 6.07) is 3.45. The summed E-state index contributed by atoms with van der Waals surface area (Å²) < 4.78 is 22.6. The molecule has 9 heteroatoms. The minimum Gasteiger partial charge on any atom is -0.264 e. The maximum atomic E-state index is 11.3. The van der Waals surface area contributed by atoms with Gasteiger partial charge in [0.15, 0.2) is 9.84 Å². The molecule has 0 N–H and O–H groups in total. The zero-order valence-electron chi connectivity index (χ0n) is 8.69. The fraction of sp³-hybridized carbons (Fsp3) is 0.250. The molecule has 0 saturated carbocycles. The maximum Gasteiger partial charge on any atom is 0.297 e. The van der Waals surface area contributed by atoms with Gasteiger partial charge in [0.05, 0.1) is 4.92 Å². The van der Waals surface area contributed by atoms with E-state index >= 15 is 0 Å². The van der Waals surface area contributed by atoms with E-state index < -0.39 is 36.8 Å². The van der Waals surface area contributed by atoms with Gasteiger partial charge < -0.3 is 0 Å². The van der Waals surface area contributed by atoms with E-state index in [-0.39, 0.29) is 5.56 Å². The van der Waals surface area contributed by atoms with Crippen molar-refractivity contribution in [3.05, 3.63) is 44.0 Å². The summed E-state index contributed by atoms with van der Waals surface area (Å²) in [7, 11) is -3.80. The minimum absolute atomic E-state index is 0.233. The first-order valence-corrected chi connectivity index (χ1v) is 6.20. The summed E-state index contributed by atoms with van der Waals surface area (Å²) in [5, 5.41) is 21.1. The first-order valence-electron chi connectivity index (χ1n) is 4.31. The molecule has 0 aliphatic rings. The number of para-hydroxylation sites is 1. The third kappa shape index (κ3) is 2.97. The van der Waals surface area contributed by atoms with Crippen LogP contribution in [0.1, 0.15) is 5.56 Å². The highest BCUT2D eigenvalue weighted by Crippen LogP contribution is 2.28. The van der Waals surface area contributed by atoms with Gasteiger partial charge in [-0.25, -0.2) is 8.42 Å². The standard InChI is InChI=1S/C8H8N2O6S/c1-17(15,16)7-4-2-3-6(5-9(11)12)8(7)10(13)14/h2-4H,5H2,1H3. The smallest absolute Gasteiger partial charge is 0.264 e. The highest BCUT2D eigenvalue weighted by Gasteiger charge is 2.27. The van der Waals surface area contributed by atoms with Crippen molar-refractivity contribution < 1.29 is 18.3 Å². The zero-order valence-corrected chi connectivity index (χ0v) is 9.51. The van der Waals surface area contributed by atoms with Crippen molar-refractivity contribution in [2.45, 2.75) is 11.4 Å². The number of nitrogens with zero attached hydrogens (tertiary/aromatic N) is 2. The molecule has 1 rings (SSSR count). The van der Waals surface area contributed by atoms with Gasteiger partial charge in [0.2, 0.25) is 6.54 Å². The predicted molar refractivity (Wildman–Crippen MR) is 56.9 cm³/mol. The Morgan fingerprint density at radius 3 is 2.24 bits per heavy atom. The van der Waals surface area contributed by atoms with Crippen LogP contribution in [0.3, 0.4) is 0 Å². The molecule has 0 aliphatic carbocycles. The molecule has 0 bridgehead atoms. The quantitative estimate of drug-likeness (QED) is 0.582. The molecule has 0 aliphatic heterocycles. The highest BCUT2D eigenvalue weighted by atomic mass is 32.2. The summed E-state index contributed by atoms with van der Waals surface area (Å²) in [6.45, 7) is -0.792. The fourth-order valence-corrected chi connectivity index (χ4v) is 2.22. The molecule has 0 atom stereocenters. The molecule has 0 aromatic heterocycles. The van der Waals surface area contributed by atoms with Gasteiger partial charge in [-0.05, 0) is 12.1 Å². The van der Waals surface area contributed by atoms with Crippen molar-refractivity contribution >= 4 is 15.5 Å². The van der Waals surface area contributed by atoms with E-state index in [1.165, 1.54) is 6.07 Å². The van der Waals surface area contributed by atoms with Gasteiger partial charge in [-0.2, -0.15) is 0 Å². The van der Waals surface area contributed by atoms with Crippen LogP contribution in [0.2, 0.25) is 0 Å². The first-order chi connectivity index (χ1) is 7.73. The third-order valence-corrected chi connectivity index (χ3v) is 3.09. The van der Waals surface area contributed by atoms with Gasteiger partial charge in [0, 0.05) is 11.2 Å². The van der Waals surface area contributed by atoms with Gasteiger partial charge >= 0.3 is 0 Å². The van der Waals surface area contributed by atoms with Gasteiger partial charge in [0.1, 0.15) is 10.5 Å². The number of rotatable bonds is 4. The molecule has 1 aromatic rings. The van der Waals surface area contributed by atoms with E-state index in [0.29, 0.717) is 0 Å². The predicted octanol–water partition coefficient (Wildman–Crippen LogP) is 0.775. The molecule has 1 aromatic carbocycles. The van der Waals surface area contributed by atoms with Crippen LogP contribution in [0.25, 0.3) is 0 Å². The van der Waals surface area contributed by atoms with Gasteiger partial charge in [-0.3, -0.25) is 20.2 Å². The Morgan fingerprint density at radius 2 is 1.82 bits per heavy atom. The lowest BCUT2D eigenvalue weighted by Crippen LogP contribution is -2.08. The second-order valence-corrected chi connectivity index (χ2v) is 5.27. The molecule has 0 amide bonds. The average molecular weight is 260 g/mol. The first kappa shape index (κ1) is 13.0. The zero-order chi connectivity index (χ0) is 13.2. The average Bonchev–Trinajstić information content (AvgIpc) is 2.14. The lowest BCUT2D eigenvalue weighted by Gasteiger charge is -2.03. The summed E-state index contributed by atoms with van der Waals surface area (Å²) in [6.07, 6.45) is 0.811. The Kier molecular flexibility index (Phi) is 3.42. The number of nitro benzene ring substituents is 1. The summed E-state index contributed by atoms with van der Waals surface area (Å²) in [4.78, 5) is 18.9. The van der Waals surface area contributed by atoms with Crippen LogP contribution < -0.4 is 0 Å². The third-order valence-electron chi connectivity index (χ3n) is 1.96. The number of hydrogen-bond acceptors (Lipinski definition) is 6. The fourth-order valence-electron chi connectivity index (χ4n) is 1.34. The van der Waals surface area contributed by atoms with Crippen molar-refractivity contribution in [1.82, 2.24) is 0 Å². The SMILES string of the molecule is CS(=O)(=O)c1cccc(C[N+](=O)[O-])c1[N+](=O)[O-]. The largest absolute Gasteiger partial charge is 0.297 e. The van der Waals surface area contributed by atoms with Crippen molar-refractivity contribution in [1.29, 1.82) is 0 Å². The van der Waals surface area contributed by atoms with Crippen molar-refractivity contribution in [2.24, 2.45) is 0 Å². The van der Waals surface area contributed by atoms with Crippen LogP contribution in [0.5, 0.6) is 0 Å². The molecule has 8 nitrogen and oxygen atoms in total. The highest BCUT2D eigenvalue weighted by molar-refractivity contribution is 7.90. The Balaban J connectivity index is 3.54.